The van der Waals surface area contributed by atoms with Crippen molar-refractivity contribution in [2.45, 2.75) is 57.4 Å². The minimum Gasteiger partial charge on any atom is -0.480 e. The van der Waals surface area contributed by atoms with Gasteiger partial charge in [0.1, 0.15) is 0 Å². The molecule has 1 fully saturated rings. The van der Waals surface area contributed by atoms with Gasteiger partial charge in [0.2, 0.25) is 5.88 Å². The molecule has 3 heterocycles. The Labute approximate surface area is 195 Å². The van der Waals surface area contributed by atoms with E-state index in [2.05, 4.69) is 58.6 Å². The van der Waals surface area contributed by atoms with Crippen molar-refractivity contribution < 1.29 is 9.47 Å². The van der Waals surface area contributed by atoms with Gasteiger partial charge in [-0.05, 0) is 44.9 Å². The highest BCUT2D eigenvalue weighted by molar-refractivity contribution is 5.67. The minimum absolute atomic E-state index is 0.0454. The number of nitrogens with two attached hydrogens (primary N) is 1. The number of benzene rings is 1. The standard InChI is InChI=1S/C24H35N7O2/c1-15(31-12-16(2)33-17(3)13-31)7-22(28-14-25)20-9-29-30-21-6-5-18(8-19(20)21)23-10-27-24(32-4)11-26-23/h5-6,8,10-11,14-17,20,22,29-30H,7,9,12-13H2,1-4H3,(H2,25,28). The number of rotatable bonds is 7. The van der Waals surface area contributed by atoms with Crippen molar-refractivity contribution >= 4 is 12.0 Å². The molecule has 4 N–H and O–H groups in total. The molecule has 0 saturated carbocycles. The second-order valence-electron chi connectivity index (χ2n) is 9.02. The maximum absolute atomic E-state index is 5.92. The van der Waals surface area contributed by atoms with E-state index in [0.717, 1.165) is 43.0 Å². The van der Waals surface area contributed by atoms with Gasteiger partial charge in [-0.3, -0.25) is 9.89 Å². The van der Waals surface area contributed by atoms with Crippen LogP contribution in [0.2, 0.25) is 0 Å². The van der Waals surface area contributed by atoms with Gasteiger partial charge in [-0.1, -0.05) is 6.07 Å². The molecular weight excluding hydrogens is 418 g/mol. The van der Waals surface area contributed by atoms with E-state index in [0.29, 0.717) is 11.9 Å². The predicted octanol–water partition coefficient (Wildman–Crippen LogP) is 2.41. The van der Waals surface area contributed by atoms with Crippen molar-refractivity contribution in [2.75, 3.05) is 32.2 Å². The number of aromatic nitrogens is 2. The molecule has 0 radical (unpaired) electrons. The predicted molar refractivity (Wildman–Crippen MR) is 131 cm³/mol. The fraction of sp³-hybridized carbons (Fsp3) is 0.542. The van der Waals surface area contributed by atoms with Crippen LogP contribution in [-0.2, 0) is 4.74 Å². The van der Waals surface area contributed by atoms with Crippen LogP contribution in [0.15, 0.2) is 35.6 Å². The summed E-state index contributed by atoms with van der Waals surface area (Å²) in [5.74, 6) is 0.670. The number of hydrogen-bond acceptors (Lipinski definition) is 8. The molecule has 0 aliphatic carbocycles. The van der Waals surface area contributed by atoms with Crippen molar-refractivity contribution in [1.82, 2.24) is 20.3 Å². The first-order valence-corrected chi connectivity index (χ1v) is 11.6. The number of nitrogens with one attached hydrogen (secondary N) is 2. The van der Waals surface area contributed by atoms with Gasteiger partial charge in [0.15, 0.2) is 0 Å². The number of hydrogen-bond donors (Lipinski definition) is 3. The largest absolute Gasteiger partial charge is 0.480 e. The first-order chi connectivity index (χ1) is 16.0. The first kappa shape index (κ1) is 23.4. The van der Waals surface area contributed by atoms with E-state index in [-0.39, 0.29) is 24.2 Å². The Morgan fingerprint density at radius 2 is 2.06 bits per heavy atom. The molecular formula is C24H35N7O2. The van der Waals surface area contributed by atoms with Crippen LogP contribution in [0.3, 0.4) is 0 Å². The Hall–Kier alpha value is -2.75. The molecule has 0 bridgehead atoms. The van der Waals surface area contributed by atoms with Gasteiger partial charge in [-0.25, -0.2) is 15.4 Å². The quantitative estimate of drug-likeness (QED) is 0.433. The number of aliphatic imine (C=N–C) groups is 1. The normalized spacial score (nSPS) is 25.3. The summed E-state index contributed by atoms with van der Waals surface area (Å²) >= 11 is 0. The van der Waals surface area contributed by atoms with Crippen LogP contribution in [0, 0.1) is 0 Å². The molecule has 33 heavy (non-hydrogen) atoms. The molecule has 0 spiro atoms. The highest BCUT2D eigenvalue weighted by atomic mass is 16.5. The van der Waals surface area contributed by atoms with E-state index in [9.17, 15) is 0 Å². The summed E-state index contributed by atoms with van der Waals surface area (Å²) < 4.78 is 11.1. The zero-order chi connectivity index (χ0) is 23.4. The Bertz CT molecular complexity index is 942. The van der Waals surface area contributed by atoms with Crippen LogP contribution < -0.4 is 21.3 Å². The summed E-state index contributed by atoms with van der Waals surface area (Å²) in [6, 6.07) is 6.72. The van der Waals surface area contributed by atoms with Crippen molar-refractivity contribution in [3.8, 4) is 17.1 Å². The lowest BCUT2D eigenvalue weighted by Crippen LogP contribution is -2.50. The molecule has 1 aromatic heterocycles. The molecule has 2 aliphatic heterocycles. The van der Waals surface area contributed by atoms with Gasteiger partial charge >= 0.3 is 0 Å². The Morgan fingerprint density at radius 3 is 2.73 bits per heavy atom. The fourth-order valence-corrected chi connectivity index (χ4v) is 4.94. The molecule has 5 unspecified atom stereocenters. The molecule has 0 amide bonds. The third-order valence-electron chi connectivity index (χ3n) is 6.52. The lowest BCUT2D eigenvalue weighted by atomic mass is 9.84. The zero-order valence-electron chi connectivity index (χ0n) is 19.9. The molecule has 4 rings (SSSR count). The average Bonchev–Trinajstić information content (AvgIpc) is 2.82. The van der Waals surface area contributed by atoms with E-state index < -0.39 is 0 Å². The lowest BCUT2D eigenvalue weighted by molar-refractivity contribution is -0.0798. The van der Waals surface area contributed by atoms with Crippen molar-refractivity contribution in [2.24, 2.45) is 10.7 Å². The highest BCUT2D eigenvalue weighted by Crippen LogP contribution is 2.36. The van der Waals surface area contributed by atoms with Crippen LogP contribution in [0.5, 0.6) is 5.88 Å². The molecule has 9 heteroatoms. The van der Waals surface area contributed by atoms with Crippen LogP contribution in [0.4, 0.5) is 5.69 Å². The van der Waals surface area contributed by atoms with Gasteiger partial charge < -0.3 is 20.6 Å². The van der Waals surface area contributed by atoms with Gasteiger partial charge in [0.05, 0.1) is 55.5 Å². The number of fused-ring (bicyclic) bond motifs is 1. The lowest BCUT2D eigenvalue weighted by Gasteiger charge is -2.41. The second kappa shape index (κ2) is 10.5. The summed E-state index contributed by atoms with van der Waals surface area (Å²) in [5.41, 5.74) is 16.5. The highest BCUT2D eigenvalue weighted by Gasteiger charge is 2.32. The van der Waals surface area contributed by atoms with Crippen LogP contribution in [-0.4, -0.2) is 72.2 Å². The third kappa shape index (κ3) is 5.43. The van der Waals surface area contributed by atoms with E-state index in [1.165, 1.54) is 11.9 Å². The van der Waals surface area contributed by atoms with Crippen molar-refractivity contribution in [3.63, 3.8) is 0 Å². The number of ether oxygens (including phenoxy) is 2. The topological polar surface area (TPSA) is 110 Å². The van der Waals surface area contributed by atoms with Gasteiger partial charge in [0.25, 0.3) is 0 Å². The molecule has 5 atom stereocenters. The summed E-state index contributed by atoms with van der Waals surface area (Å²) in [4.78, 5) is 16.0. The van der Waals surface area contributed by atoms with Crippen LogP contribution in [0.25, 0.3) is 11.3 Å². The number of anilines is 1. The Morgan fingerprint density at radius 1 is 1.27 bits per heavy atom. The zero-order valence-corrected chi connectivity index (χ0v) is 19.9. The number of hydrazine groups is 1. The Balaban J connectivity index is 1.58. The molecule has 178 valence electrons. The molecule has 2 aliphatic rings. The summed E-state index contributed by atoms with van der Waals surface area (Å²) in [5, 5.41) is 0. The SMILES string of the molecule is COc1cnc(-c2ccc3c(c2)C(C(CC(C)N2CC(C)OC(C)C2)N=CN)CNN3)cn1. The van der Waals surface area contributed by atoms with E-state index in [1.54, 1.807) is 19.5 Å². The molecule has 1 saturated heterocycles. The van der Waals surface area contributed by atoms with E-state index >= 15 is 0 Å². The summed E-state index contributed by atoms with van der Waals surface area (Å²) in [6.45, 7) is 9.19. The maximum Gasteiger partial charge on any atom is 0.232 e. The summed E-state index contributed by atoms with van der Waals surface area (Å²) in [6.07, 6.45) is 6.21. The van der Waals surface area contributed by atoms with E-state index in [1.807, 2.05) is 6.07 Å². The monoisotopic (exact) mass is 453 g/mol. The molecule has 9 nitrogen and oxygen atoms in total. The first-order valence-electron chi connectivity index (χ1n) is 11.6. The minimum atomic E-state index is 0.0454. The molecule has 2 aromatic rings. The summed E-state index contributed by atoms with van der Waals surface area (Å²) in [7, 11) is 1.59. The van der Waals surface area contributed by atoms with Crippen molar-refractivity contribution in [1.29, 1.82) is 0 Å². The van der Waals surface area contributed by atoms with Gasteiger partial charge in [-0.15, -0.1) is 0 Å². The fourth-order valence-electron chi connectivity index (χ4n) is 4.94. The smallest absolute Gasteiger partial charge is 0.232 e. The second-order valence-corrected chi connectivity index (χ2v) is 9.02. The van der Waals surface area contributed by atoms with Crippen LogP contribution >= 0.6 is 0 Å². The van der Waals surface area contributed by atoms with Gasteiger partial charge in [0, 0.05) is 37.2 Å². The maximum atomic E-state index is 5.92. The third-order valence-corrected chi connectivity index (χ3v) is 6.52. The number of nitrogens with zero attached hydrogens (tertiary/aromatic N) is 4. The van der Waals surface area contributed by atoms with Crippen LogP contribution in [0.1, 0.15) is 38.7 Å². The van der Waals surface area contributed by atoms with Gasteiger partial charge in [-0.2, -0.15) is 0 Å². The molecule has 1 aromatic carbocycles. The van der Waals surface area contributed by atoms with Crippen molar-refractivity contribution in [3.05, 3.63) is 36.2 Å². The number of methoxy groups -OCH3 is 1. The Kier molecular flexibility index (Phi) is 7.42. The average molecular weight is 454 g/mol. The van der Waals surface area contributed by atoms with E-state index in [4.69, 9.17) is 20.2 Å². The number of morpholine rings is 1.